The van der Waals surface area contributed by atoms with Crippen molar-refractivity contribution in [2.45, 2.75) is 50.7 Å². The van der Waals surface area contributed by atoms with Crippen molar-refractivity contribution in [1.29, 1.82) is 0 Å². The smallest absolute Gasteiger partial charge is 0.163 e. The summed E-state index contributed by atoms with van der Waals surface area (Å²) in [6.07, 6.45) is 6.01. The van der Waals surface area contributed by atoms with Gasteiger partial charge in [0.05, 0.1) is 16.8 Å². The number of carbonyl (C=O) groups excluding carboxylic acids is 1. The van der Waals surface area contributed by atoms with Crippen molar-refractivity contribution in [2.75, 3.05) is 0 Å². The zero-order valence-corrected chi connectivity index (χ0v) is 14.2. The molecule has 5 rings (SSSR count). The summed E-state index contributed by atoms with van der Waals surface area (Å²) < 4.78 is 14.5. The summed E-state index contributed by atoms with van der Waals surface area (Å²) in [5.41, 5.74) is 0.330. The van der Waals surface area contributed by atoms with Crippen LogP contribution in [-0.2, 0) is 14.3 Å². The second kappa shape index (κ2) is 4.56. The van der Waals surface area contributed by atoms with E-state index >= 15 is 0 Å². The molecule has 3 fully saturated rings. The third-order valence-corrected chi connectivity index (χ3v) is 6.29. The van der Waals surface area contributed by atoms with Crippen molar-refractivity contribution in [3.05, 3.63) is 23.7 Å². The zero-order chi connectivity index (χ0) is 16.7. The second-order valence-corrected chi connectivity index (χ2v) is 7.87. The molecule has 7 heteroatoms. The zero-order valence-electron chi connectivity index (χ0n) is 13.5. The van der Waals surface area contributed by atoms with Gasteiger partial charge in [-0.25, -0.2) is 9.97 Å². The van der Waals surface area contributed by atoms with Crippen LogP contribution in [0, 0.1) is 11.3 Å². The van der Waals surface area contributed by atoms with E-state index in [1.54, 1.807) is 0 Å². The van der Waals surface area contributed by atoms with E-state index < -0.39 is 11.2 Å². The fraction of sp³-hybridized carbons (Fsp3) is 0.588. The average molecular weight is 348 g/mol. The van der Waals surface area contributed by atoms with Crippen molar-refractivity contribution in [3.63, 3.8) is 0 Å². The summed E-state index contributed by atoms with van der Waals surface area (Å²) in [5, 5.41) is 1.25. The first-order valence-electron chi connectivity index (χ1n) is 8.26. The maximum absolute atomic E-state index is 12.0. The van der Waals surface area contributed by atoms with Crippen LogP contribution in [0.25, 0.3) is 11.0 Å². The highest BCUT2D eigenvalue weighted by atomic mass is 35.5. The van der Waals surface area contributed by atoms with Gasteiger partial charge < -0.3 is 18.8 Å². The molecule has 1 saturated heterocycles. The minimum Gasteiger partial charge on any atom is -0.343 e. The average Bonchev–Trinajstić information content (AvgIpc) is 3.10. The number of nitrogens with zero attached hydrogens (tertiary/aromatic N) is 3. The molecular formula is C17H18ClN3O3. The number of ether oxygens (including phenoxy) is 2. The summed E-state index contributed by atoms with van der Waals surface area (Å²) in [5.74, 6) is -0.481. The number of rotatable bonds is 2. The molecule has 0 radical (unpaired) electrons. The molecule has 3 heterocycles. The Morgan fingerprint density at radius 2 is 2.21 bits per heavy atom. The molecule has 2 saturated carbocycles. The minimum absolute atomic E-state index is 0.0131. The predicted molar refractivity (Wildman–Crippen MR) is 86.6 cm³/mol. The first kappa shape index (κ1) is 14.8. The number of carbonyl (C=O) groups is 1. The lowest BCUT2D eigenvalue weighted by Gasteiger charge is -2.45. The van der Waals surface area contributed by atoms with Crippen LogP contribution >= 0.6 is 11.6 Å². The van der Waals surface area contributed by atoms with Gasteiger partial charge in [0, 0.05) is 6.20 Å². The van der Waals surface area contributed by atoms with E-state index in [9.17, 15) is 4.79 Å². The molecule has 0 aromatic carbocycles. The summed E-state index contributed by atoms with van der Waals surface area (Å²) in [6.45, 7) is 3.81. The third-order valence-electron chi connectivity index (χ3n) is 5.99. The molecule has 0 amide bonds. The van der Waals surface area contributed by atoms with E-state index in [4.69, 9.17) is 21.1 Å². The molecule has 0 N–H and O–H groups in total. The van der Waals surface area contributed by atoms with Gasteiger partial charge >= 0.3 is 0 Å². The lowest BCUT2D eigenvalue weighted by Crippen LogP contribution is -2.48. The van der Waals surface area contributed by atoms with Gasteiger partial charge in [0.1, 0.15) is 35.6 Å². The highest BCUT2D eigenvalue weighted by Gasteiger charge is 2.70. The van der Waals surface area contributed by atoms with Gasteiger partial charge in [-0.05, 0) is 38.7 Å². The predicted octanol–water partition coefficient (Wildman–Crippen LogP) is 2.75. The highest BCUT2D eigenvalue weighted by Crippen LogP contribution is 2.65. The molecule has 1 aliphatic heterocycles. The first-order chi connectivity index (χ1) is 11.5. The topological polar surface area (TPSA) is 66.2 Å². The molecule has 2 aromatic rings. The van der Waals surface area contributed by atoms with Crippen LogP contribution in [0.15, 0.2) is 18.6 Å². The van der Waals surface area contributed by atoms with Gasteiger partial charge in [-0.3, -0.25) is 0 Å². The van der Waals surface area contributed by atoms with Gasteiger partial charge in [0.25, 0.3) is 0 Å². The van der Waals surface area contributed by atoms with Crippen LogP contribution in [0.3, 0.4) is 0 Å². The van der Waals surface area contributed by atoms with E-state index in [1.165, 1.54) is 6.33 Å². The monoisotopic (exact) mass is 347 g/mol. The van der Waals surface area contributed by atoms with Gasteiger partial charge in [-0.15, -0.1) is 0 Å². The summed E-state index contributed by atoms with van der Waals surface area (Å²) in [4.78, 5) is 20.4. The van der Waals surface area contributed by atoms with E-state index in [0.29, 0.717) is 5.15 Å². The minimum atomic E-state index is -0.681. The molecule has 0 bridgehead atoms. The van der Waals surface area contributed by atoms with Gasteiger partial charge in [-0.1, -0.05) is 11.6 Å². The van der Waals surface area contributed by atoms with Gasteiger partial charge in [0.15, 0.2) is 5.79 Å². The second-order valence-electron chi connectivity index (χ2n) is 7.51. The van der Waals surface area contributed by atoms with Crippen LogP contribution in [0.2, 0.25) is 5.15 Å². The normalized spacial score (nSPS) is 39.5. The Bertz CT molecular complexity index is 851. The molecule has 3 aliphatic rings. The van der Waals surface area contributed by atoms with Crippen LogP contribution in [0.5, 0.6) is 0 Å². The Kier molecular flexibility index (Phi) is 2.82. The fourth-order valence-electron chi connectivity index (χ4n) is 4.92. The van der Waals surface area contributed by atoms with E-state index in [0.717, 1.165) is 30.2 Å². The van der Waals surface area contributed by atoms with E-state index in [1.807, 2.05) is 26.1 Å². The maximum Gasteiger partial charge on any atom is 0.163 e. The Morgan fingerprint density at radius 3 is 2.92 bits per heavy atom. The van der Waals surface area contributed by atoms with E-state index in [2.05, 4.69) is 14.5 Å². The van der Waals surface area contributed by atoms with Crippen LogP contribution in [0.4, 0.5) is 0 Å². The van der Waals surface area contributed by atoms with Gasteiger partial charge in [0.2, 0.25) is 0 Å². The molecule has 2 aliphatic carbocycles. The molecule has 126 valence electrons. The molecule has 24 heavy (non-hydrogen) atoms. The molecule has 0 unspecified atom stereocenters. The number of fused-ring (bicyclic) bond motifs is 4. The van der Waals surface area contributed by atoms with Crippen molar-refractivity contribution >= 4 is 28.9 Å². The summed E-state index contributed by atoms with van der Waals surface area (Å²) in [6, 6.07) is 1.94. The van der Waals surface area contributed by atoms with Crippen molar-refractivity contribution in [2.24, 2.45) is 11.3 Å². The molecule has 0 spiro atoms. The highest BCUT2D eigenvalue weighted by molar-refractivity contribution is 6.33. The van der Waals surface area contributed by atoms with Crippen molar-refractivity contribution < 1.29 is 14.3 Å². The Morgan fingerprint density at radius 1 is 1.38 bits per heavy atom. The summed E-state index contributed by atoms with van der Waals surface area (Å²) >= 11 is 6.19. The Balaban J connectivity index is 1.67. The molecular weight excluding hydrogens is 330 g/mol. The largest absolute Gasteiger partial charge is 0.343 e. The maximum atomic E-state index is 12.0. The number of aldehydes is 1. The fourth-order valence-corrected chi connectivity index (χ4v) is 5.11. The Hall–Kier alpha value is -1.50. The number of aromatic nitrogens is 3. The summed E-state index contributed by atoms with van der Waals surface area (Å²) in [7, 11) is 0. The van der Waals surface area contributed by atoms with Crippen LogP contribution in [0.1, 0.15) is 32.7 Å². The third kappa shape index (κ3) is 1.66. The number of hydrogen-bond donors (Lipinski definition) is 0. The lowest BCUT2D eigenvalue weighted by atomic mass is 9.61. The van der Waals surface area contributed by atoms with Crippen molar-refractivity contribution in [1.82, 2.24) is 14.5 Å². The number of halogens is 1. The van der Waals surface area contributed by atoms with Crippen LogP contribution in [-0.4, -0.2) is 38.8 Å². The van der Waals surface area contributed by atoms with Crippen LogP contribution < -0.4 is 0 Å². The van der Waals surface area contributed by atoms with Crippen molar-refractivity contribution in [3.8, 4) is 0 Å². The first-order valence-corrected chi connectivity index (χ1v) is 8.64. The quantitative estimate of drug-likeness (QED) is 0.617. The number of hydrogen-bond acceptors (Lipinski definition) is 5. The standard InChI is InChI=1S/C17H18ClN3O3/c1-16(2)23-12-11(10-3-5-17(10,7-22)13(12)24-16)21-6-4-9-14(18)19-8-20-15(9)21/h4,6-8,10-13H,3,5H2,1-2H3/t10-,11-,12+,13+,17+/m1/s1. The molecule has 2 aromatic heterocycles. The lowest BCUT2D eigenvalue weighted by molar-refractivity contribution is -0.189. The van der Waals surface area contributed by atoms with Gasteiger partial charge in [-0.2, -0.15) is 0 Å². The van der Waals surface area contributed by atoms with E-state index in [-0.39, 0.29) is 24.2 Å². The Labute approximate surface area is 144 Å². The molecule has 5 atom stereocenters. The molecule has 6 nitrogen and oxygen atoms in total. The SMILES string of the molecule is CC1(C)O[C@H]2[C@H](n3ccc4c(Cl)ncnc43)[C@H]3CC[C@@]3(C=O)[C@H]2O1.